The Labute approximate surface area is 130 Å². The molecular formula is C15H13BrClNO2. The van der Waals surface area contributed by atoms with Gasteiger partial charge in [-0.05, 0) is 45.3 Å². The summed E-state index contributed by atoms with van der Waals surface area (Å²) in [5.74, 6) is -0.175. The summed E-state index contributed by atoms with van der Waals surface area (Å²) in [5, 5.41) is 12.3. The van der Waals surface area contributed by atoms with E-state index in [2.05, 4.69) is 21.2 Å². The minimum absolute atomic E-state index is 0.0179. The molecule has 2 aromatic carbocycles. The van der Waals surface area contributed by atoms with Crippen LogP contribution in [0, 0.1) is 0 Å². The molecule has 0 bridgehead atoms. The van der Waals surface area contributed by atoms with Gasteiger partial charge in [-0.3, -0.25) is 4.79 Å². The molecule has 0 heterocycles. The highest BCUT2D eigenvalue weighted by Crippen LogP contribution is 2.23. The Kier molecular flexibility index (Phi) is 5.17. The molecule has 20 heavy (non-hydrogen) atoms. The molecule has 2 N–H and O–H groups in total. The van der Waals surface area contributed by atoms with Crippen molar-refractivity contribution in [3.63, 3.8) is 0 Å². The molecule has 0 unspecified atom stereocenters. The van der Waals surface area contributed by atoms with Gasteiger partial charge in [0.25, 0.3) is 5.91 Å². The number of amides is 1. The van der Waals surface area contributed by atoms with Crippen molar-refractivity contribution in [3.8, 4) is 0 Å². The molecule has 1 amide bonds. The van der Waals surface area contributed by atoms with E-state index in [0.29, 0.717) is 17.1 Å². The third-order valence-electron chi connectivity index (χ3n) is 2.84. The lowest BCUT2D eigenvalue weighted by atomic mass is 10.1. The van der Waals surface area contributed by atoms with Crippen molar-refractivity contribution in [2.45, 2.75) is 13.2 Å². The minimum Gasteiger partial charge on any atom is -0.392 e. The van der Waals surface area contributed by atoms with Crippen molar-refractivity contribution >= 4 is 33.4 Å². The minimum atomic E-state index is -0.175. The molecular weight excluding hydrogens is 342 g/mol. The van der Waals surface area contributed by atoms with Crippen molar-refractivity contribution < 1.29 is 9.90 Å². The molecule has 0 fully saturated rings. The predicted octanol–water partition coefficient (Wildman–Crippen LogP) is 3.52. The number of hydrogen-bond donors (Lipinski definition) is 2. The second-order valence-electron chi connectivity index (χ2n) is 4.29. The van der Waals surface area contributed by atoms with Crippen LogP contribution in [0.4, 0.5) is 0 Å². The lowest BCUT2D eigenvalue weighted by Gasteiger charge is -2.07. The molecule has 0 spiro atoms. The summed E-state index contributed by atoms with van der Waals surface area (Å²) in [5.41, 5.74) is 2.34. The van der Waals surface area contributed by atoms with Crippen LogP contribution in [0.2, 0.25) is 5.02 Å². The Morgan fingerprint density at radius 3 is 2.40 bits per heavy atom. The maximum atomic E-state index is 12.0. The summed E-state index contributed by atoms with van der Waals surface area (Å²) in [6, 6.07) is 12.5. The fourth-order valence-electron chi connectivity index (χ4n) is 1.68. The molecule has 5 heteroatoms. The van der Waals surface area contributed by atoms with Crippen molar-refractivity contribution in [1.82, 2.24) is 5.32 Å². The first kappa shape index (κ1) is 15.0. The van der Waals surface area contributed by atoms with Crippen molar-refractivity contribution in [1.29, 1.82) is 0 Å². The van der Waals surface area contributed by atoms with Gasteiger partial charge in [-0.25, -0.2) is 0 Å². The van der Waals surface area contributed by atoms with Crippen LogP contribution < -0.4 is 5.32 Å². The first-order chi connectivity index (χ1) is 9.60. The van der Waals surface area contributed by atoms with Crippen molar-refractivity contribution in [3.05, 3.63) is 68.7 Å². The van der Waals surface area contributed by atoms with Gasteiger partial charge in [-0.2, -0.15) is 0 Å². The maximum absolute atomic E-state index is 12.0. The van der Waals surface area contributed by atoms with Gasteiger partial charge in [-0.15, -0.1) is 0 Å². The molecule has 2 rings (SSSR count). The largest absolute Gasteiger partial charge is 0.392 e. The molecule has 0 aromatic heterocycles. The maximum Gasteiger partial charge on any atom is 0.251 e. The number of rotatable bonds is 4. The number of carbonyl (C=O) groups is 1. The second-order valence-corrected chi connectivity index (χ2v) is 5.55. The van der Waals surface area contributed by atoms with Gasteiger partial charge >= 0.3 is 0 Å². The average molecular weight is 355 g/mol. The zero-order valence-electron chi connectivity index (χ0n) is 10.6. The highest BCUT2D eigenvalue weighted by Gasteiger charge is 2.07. The van der Waals surface area contributed by atoms with Gasteiger partial charge in [0.2, 0.25) is 0 Å². The monoisotopic (exact) mass is 353 g/mol. The molecule has 0 aliphatic heterocycles. The van der Waals surface area contributed by atoms with Crippen molar-refractivity contribution in [2.75, 3.05) is 0 Å². The summed E-state index contributed by atoms with van der Waals surface area (Å²) >= 11 is 9.24. The van der Waals surface area contributed by atoms with E-state index in [9.17, 15) is 4.79 Å². The van der Waals surface area contributed by atoms with Crippen LogP contribution in [-0.2, 0) is 13.2 Å². The Balaban J connectivity index is 1.98. The molecule has 0 aliphatic rings. The molecule has 104 valence electrons. The fourth-order valence-corrected chi connectivity index (χ4v) is 2.11. The zero-order valence-corrected chi connectivity index (χ0v) is 12.9. The summed E-state index contributed by atoms with van der Waals surface area (Å²) in [6.07, 6.45) is 0. The topological polar surface area (TPSA) is 49.3 Å². The van der Waals surface area contributed by atoms with Gasteiger partial charge in [0.1, 0.15) is 0 Å². The molecule has 0 atom stereocenters. The van der Waals surface area contributed by atoms with Crippen LogP contribution >= 0.6 is 27.5 Å². The normalized spacial score (nSPS) is 10.3. The van der Waals surface area contributed by atoms with Crippen LogP contribution in [0.15, 0.2) is 46.9 Å². The summed E-state index contributed by atoms with van der Waals surface area (Å²) in [7, 11) is 0. The number of carbonyl (C=O) groups excluding carboxylic acids is 1. The zero-order chi connectivity index (χ0) is 14.5. The highest BCUT2D eigenvalue weighted by atomic mass is 79.9. The Morgan fingerprint density at radius 1 is 1.15 bits per heavy atom. The van der Waals surface area contributed by atoms with Crippen LogP contribution in [0.1, 0.15) is 21.5 Å². The van der Waals surface area contributed by atoms with Crippen LogP contribution in [0.5, 0.6) is 0 Å². The Bertz CT molecular complexity index is 614. The second kappa shape index (κ2) is 6.88. The third kappa shape index (κ3) is 3.82. The van der Waals surface area contributed by atoms with E-state index in [1.54, 1.807) is 18.2 Å². The first-order valence-electron chi connectivity index (χ1n) is 6.02. The molecule has 3 nitrogen and oxygen atoms in total. The first-order valence-corrected chi connectivity index (χ1v) is 7.19. The van der Waals surface area contributed by atoms with Crippen LogP contribution in [0.3, 0.4) is 0 Å². The highest BCUT2D eigenvalue weighted by molar-refractivity contribution is 9.10. The molecule has 0 radical (unpaired) electrons. The third-order valence-corrected chi connectivity index (χ3v) is 4.07. The molecule has 0 saturated carbocycles. The number of halogens is 2. The Hall–Kier alpha value is -1.36. The number of benzene rings is 2. The van der Waals surface area contributed by atoms with E-state index >= 15 is 0 Å². The number of aliphatic hydroxyl groups is 1. The lowest BCUT2D eigenvalue weighted by molar-refractivity contribution is 0.0951. The van der Waals surface area contributed by atoms with Crippen LogP contribution in [-0.4, -0.2) is 11.0 Å². The van der Waals surface area contributed by atoms with Gasteiger partial charge in [-0.1, -0.05) is 35.9 Å². The number of aliphatic hydroxyl groups excluding tert-OH is 1. The number of hydrogen-bond acceptors (Lipinski definition) is 2. The molecule has 0 aliphatic carbocycles. The Morgan fingerprint density at radius 2 is 1.80 bits per heavy atom. The lowest BCUT2D eigenvalue weighted by Crippen LogP contribution is -2.22. The molecule has 2 aromatic rings. The van der Waals surface area contributed by atoms with E-state index in [1.165, 1.54) is 0 Å². The van der Waals surface area contributed by atoms with E-state index in [1.807, 2.05) is 24.3 Å². The average Bonchev–Trinajstić information content (AvgIpc) is 2.48. The van der Waals surface area contributed by atoms with E-state index in [4.69, 9.17) is 16.7 Å². The van der Waals surface area contributed by atoms with E-state index in [-0.39, 0.29) is 12.5 Å². The van der Waals surface area contributed by atoms with Gasteiger partial charge < -0.3 is 10.4 Å². The summed E-state index contributed by atoms with van der Waals surface area (Å²) in [6.45, 7) is 0.447. The van der Waals surface area contributed by atoms with Crippen LogP contribution in [0.25, 0.3) is 0 Å². The number of nitrogens with one attached hydrogen (secondary N) is 1. The van der Waals surface area contributed by atoms with Gasteiger partial charge in [0.05, 0.1) is 11.6 Å². The van der Waals surface area contributed by atoms with Crippen molar-refractivity contribution in [2.24, 2.45) is 0 Å². The smallest absolute Gasteiger partial charge is 0.251 e. The quantitative estimate of drug-likeness (QED) is 0.882. The van der Waals surface area contributed by atoms with E-state index in [0.717, 1.165) is 15.6 Å². The standard InChI is InChI=1S/C15H13BrClNO2/c16-13-6-5-12(7-14(13)17)15(20)18-8-10-1-3-11(9-19)4-2-10/h1-7,19H,8-9H2,(H,18,20). The summed E-state index contributed by atoms with van der Waals surface area (Å²) < 4.78 is 0.760. The SMILES string of the molecule is O=C(NCc1ccc(CO)cc1)c1ccc(Br)c(Cl)c1. The van der Waals surface area contributed by atoms with Gasteiger partial charge in [0, 0.05) is 16.6 Å². The fraction of sp³-hybridized carbons (Fsp3) is 0.133. The van der Waals surface area contributed by atoms with E-state index < -0.39 is 0 Å². The summed E-state index contributed by atoms with van der Waals surface area (Å²) in [4.78, 5) is 12.0. The predicted molar refractivity (Wildman–Crippen MR) is 82.7 cm³/mol. The van der Waals surface area contributed by atoms with Gasteiger partial charge in [0.15, 0.2) is 0 Å². The molecule has 0 saturated heterocycles.